The number of carbonyl (C=O) groups is 1. The summed E-state index contributed by atoms with van der Waals surface area (Å²) in [6.07, 6.45) is 0. The predicted octanol–water partition coefficient (Wildman–Crippen LogP) is 2.80. The average molecular weight is 385 g/mol. The lowest BCUT2D eigenvalue weighted by Crippen LogP contribution is -3.08. The Bertz CT molecular complexity index is 742. The van der Waals surface area contributed by atoms with Gasteiger partial charge in [-0.3, -0.25) is 4.79 Å². The molecule has 0 spiro atoms. The van der Waals surface area contributed by atoms with Crippen LogP contribution in [0.3, 0.4) is 0 Å². The van der Waals surface area contributed by atoms with E-state index >= 15 is 0 Å². The number of benzene rings is 2. The Morgan fingerprint density at radius 2 is 1.92 bits per heavy atom. The minimum atomic E-state index is -2.48. The van der Waals surface area contributed by atoms with Gasteiger partial charge in [0, 0.05) is 16.1 Å². The smallest absolute Gasteiger partial charge is 0.288 e. The molecule has 0 fully saturated rings. The highest BCUT2D eigenvalue weighted by molar-refractivity contribution is 7.99. The van der Waals surface area contributed by atoms with Crippen LogP contribution in [0, 0.1) is 5.82 Å². The van der Waals surface area contributed by atoms with Gasteiger partial charge in [-0.25, -0.2) is 4.39 Å². The van der Waals surface area contributed by atoms with Crippen LogP contribution in [0.25, 0.3) is 0 Å². The summed E-state index contributed by atoms with van der Waals surface area (Å²) in [4.78, 5) is 13.4. The molecule has 2 aromatic rings. The van der Waals surface area contributed by atoms with Gasteiger partial charge in [-0.15, -0.1) is 0 Å². The first-order valence-electron chi connectivity index (χ1n) is 7.86. The number of likely N-dealkylation sites (N-methyl/N-ethyl adjacent to an activating group) is 1. The normalized spacial score (nSPS) is 12.1. The summed E-state index contributed by atoms with van der Waals surface area (Å²) >= 11 is 0.452. The van der Waals surface area contributed by atoms with Crippen LogP contribution < -0.4 is 15.0 Å². The van der Waals surface area contributed by atoms with E-state index in [0.29, 0.717) is 28.9 Å². The monoisotopic (exact) mass is 385 g/mol. The van der Waals surface area contributed by atoms with Crippen LogP contribution in [0.15, 0.2) is 47.4 Å². The third-order valence-electron chi connectivity index (χ3n) is 3.55. The van der Waals surface area contributed by atoms with Crippen LogP contribution in [0.5, 0.6) is 5.75 Å². The minimum Gasteiger partial charge on any atom is -0.494 e. The summed E-state index contributed by atoms with van der Waals surface area (Å²) < 4.78 is 43.1. The van der Waals surface area contributed by atoms with Gasteiger partial charge in [0.05, 0.1) is 14.2 Å². The first kappa shape index (κ1) is 20.1. The molecule has 0 heterocycles. The number of methoxy groups -OCH3 is 1. The summed E-state index contributed by atoms with van der Waals surface area (Å²) in [6, 6.07) is 10.9. The van der Waals surface area contributed by atoms with Crippen LogP contribution >= 0.6 is 11.8 Å². The lowest BCUT2D eigenvalue weighted by molar-refractivity contribution is -0.885. The van der Waals surface area contributed by atoms with E-state index in [4.69, 9.17) is 4.74 Å². The molecule has 1 amide bonds. The molecule has 0 radical (unpaired) electrons. The molecule has 1 atom stereocenters. The Balaban J connectivity index is 1.85. The number of quaternary nitrogens is 1. The van der Waals surface area contributed by atoms with E-state index < -0.39 is 11.6 Å². The Labute approximate surface area is 154 Å². The van der Waals surface area contributed by atoms with Gasteiger partial charge in [0.1, 0.15) is 6.54 Å². The highest BCUT2D eigenvalue weighted by atomic mass is 32.2. The zero-order chi connectivity index (χ0) is 19.1. The summed E-state index contributed by atoms with van der Waals surface area (Å²) in [5.41, 5.74) is 1.29. The van der Waals surface area contributed by atoms with E-state index in [1.807, 2.05) is 7.05 Å². The lowest BCUT2D eigenvalue weighted by Gasteiger charge is -2.14. The standard InChI is InChI=1S/C18H19F3N2O2S/c1-23(10-12-3-8-16(25-2)15(19)9-12)11-17(24)22-13-4-6-14(7-5-13)26-18(20)21/h3-9,18H,10-11H2,1-2H3,(H,22,24)/p+1. The summed E-state index contributed by atoms with van der Waals surface area (Å²) in [6.45, 7) is 0.652. The topological polar surface area (TPSA) is 42.8 Å². The maximum Gasteiger partial charge on any atom is 0.288 e. The van der Waals surface area contributed by atoms with E-state index in [9.17, 15) is 18.0 Å². The van der Waals surface area contributed by atoms with Crippen molar-refractivity contribution in [3.05, 3.63) is 53.8 Å². The fourth-order valence-electron chi connectivity index (χ4n) is 2.43. The molecular weight excluding hydrogens is 365 g/mol. The highest BCUT2D eigenvalue weighted by Crippen LogP contribution is 2.26. The van der Waals surface area contributed by atoms with E-state index in [-0.39, 0.29) is 18.2 Å². The van der Waals surface area contributed by atoms with Gasteiger partial charge in [-0.1, -0.05) is 11.8 Å². The van der Waals surface area contributed by atoms with Crippen molar-refractivity contribution in [2.45, 2.75) is 17.2 Å². The molecule has 0 aliphatic heterocycles. The van der Waals surface area contributed by atoms with Gasteiger partial charge in [0.25, 0.3) is 11.7 Å². The molecule has 140 valence electrons. The molecule has 2 aromatic carbocycles. The summed E-state index contributed by atoms with van der Waals surface area (Å²) in [5, 5.41) is 2.72. The lowest BCUT2D eigenvalue weighted by atomic mass is 10.2. The Morgan fingerprint density at radius 3 is 2.50 bits per heavy atom. The van der Waals surface area contributed by atoms with Crippen molar-refractivity contribution in [1.82, 2.24) is 0 Å². The van der Waals surface area contributed by atoms with Crippen molar-refractivity contribution < 1.29 is 27.6 Å². The van der Waals surface area contributed by atoms with Crippen LogP contribution in [-0.4, -0.2) is 32.4 Å². The number of hydrogen-bond donors (Lipinski definition) is 2. The van der Waals surface area contributed by atoms with Gasteiger partial charge >= 0.3 is 0 Å². The summed E-state index contributed by atoms with van der Waals surface area (Å²) in [5.74, 6) is -2.96. The van der Waals surface area contributed by atoms with Gasteiger partial charge in [-0.2, -0.15) is 8.78 Å². The number of hydrogen-bond acceptors (Lipinski definition) is 3. The summed E-state index contributed by atoms with van der Waals surface area (Å²) in [7, 11) is 3.22. The van der Waals surface area contributed by atoms with Crippen LogP contribution in [0.1, 0.15) is 5.56 Å². The molecule has 0 aromatic heterocycles. The van der Waals surface area contributed by atoms with Crippen LogP contribution in [-0.2, 0) is 11.3 Å². The van der Waals surface area contributed by atoms with Crippen molar-refractivity contribution in [3.8, 4) is 5.75 Å². The zero-order valence-electron chi connectivity index (χ0n) is 14.4. The second-order valence-electron chi connectivity index (χ2n) is 5.73. The third-order valence-corrected chi connectivity index (χ3v) is 4.27. The van der Waals surface area contributed by atoms with Gasteiger partial charge in [0.15, 0.2) is 18.1 Å². The average Bonchev–Trinajstić information content (AvgIpc) is 2.56. The molecule has 0 saturated carbocycles. The largest absolute Gasteiger partial charge is 0.494 e. The number of anilines is 1. The molecule has 1 unspecified atom stereocenters. The fourth-order valence-corrected chi connectivity index (χ4v) is 2.93. The SMILES string of the molecule is COc1ccc(C[NH+](C)CC(=O)Nc2ccc(SC(F)F)cc2)cc1F. The maximum absolute atomic E-state index is 13.7. The Kier molecular flexibility index (Phi) is 7.35. The first-order valence-corrected chi connectivity index (χ1v) is 8.74. The maximum atomic E-state index is 13.7. The molecule has 2 rings (SSSR count). The molecule has 2 N–H and O–H groups in total. The van der Waals surface area contributed by atoms with E-state index in [1.165, 1.54) is 25.3 Å². The number of alkyl halides is 2. The molecule has 8 heteroatoms. The van der Waals surface area contributed by atoms with Crippen LogP contribution in [0.4, 0.5) is 18.9 Å². The Morgan fingerprint density at radius 1 is 1.23 bits per heavy atom. The fraction of sp³-hybridized carbons (Fsp3) is 0.278. The highest BCUT2D eigenvalue weighted by Gasteiger charge is 2.13. The van der Waals surface area contributed by atoms with Crippen LogP contribution in [0.2, 0.25) is 0 Å². The van der Waals surface area contributed by atoms with Crippen molar-refractivity contribution in [2.75, 3.05) is 26.0 Å². The quantitative estimate of drug-likeness (QED) is 0.687. The third kappa shape index (κ3) is 6.27. The van der Waals surface area contributed by atoms with E-state index in [0.717, 1.165) is 10.5 Å². The van der Waals surface area contributed by atoms with E-state index in [2.05, 4.69) is 5.32 Å². The number of thioether (sulfide) groups is 1. The van der Waals surface area contributed by atoms with E-state index in [1.54, 1.807) is 24.3 Å². The molecule has 0 aliphatic carbocycles. The molecule has 0 saturated heterocycles. The number of amides is 1. The zero-order valence-corrected chi connectivity index (χ0v) is 15.2. The molecule has 0 bridgehead atoms. The van der Waals surface area contributed by atoms with Crippen molar-refractivity contribution in [1.29, 1.82) is 0 Å². The molecule has 4 nitrogen and oxygen atoms in total. The number of carbonyl (C=O) groups excluding carboxylic acids is 1. The van der Waals surface area contributed by atoms with Gasteiger partial charge in [-0.05, 0) is 42.5 Å². The number of rotatable bonds is 8. The Hall–Kier alpha value is -2.19. The molecule has 0 aliphatic rings. The van der Waals surface area contributed by atoms with Crippen molar-refractivity contribution in [2.24, 2.45) is 0 Å². The molecular formula is C18H20F3N2O2S+. The second-order valence-corrected chi connectivity index (χ2v) is 6.79. The second kappa shape index (κ2) is 9.49. The first-order chi connectivity index (χ1) is 12.4. The predicted molar refractivity (Wildman–Crippen MR) is 95.3 cm³/mol. The van der Waals surface area contributed by atoms with Gasteiger partial charge < -0.3 is 15.0 Å². The van der Waals surface area contributed by atoms with Gasteiger partial charge in [0.2, 0.25) is 0 Å². The minimum absolute atomic E-state index is 0.178. The number of halogens is 3. The molecule has 26 heavy (non-hydrogen) atoms. The van der Waals surface area contributed by atoms with Crippen molar-refractivity contribution >= 4 is 23.4 Å². The van der Waals surface area contributed by atoms with Crippen molar-refractivity contribution in [3.63, 3.8) is 0 Å². The number of ether oxygens (including phenoxy) is 1. The number of nitrogens with one attached hydrogen (secondary N) is 2.